The van der Waals surface area contributed by atoms with Crippen molar-refractivity contribution in [1.82, 2.24) is 0 Å². The van der Waals surface area contributed by atoms with Gasteiger partial charge in [-0.2, -0.15) is 0 Å². The zero-order valence-corrected chi connectivity index (χ0v) is 12.8. The Morgan fingerprint density at radius 2 is 1.90 bits per heavy atom. The normalized spacial score (nSPS) is 11.5. The number of para-hydroxylation sites is 1. The molecule has 3 heteroatoms. The fraction of sp³-hybridized carbons (Fsp3) is 0.278. The summed E-state index contributed by atoms with van der Waals surface area (Å²) in [6, 6.07) is 14.0. The van der Waals surface area contributed by atoms with Gasteiger partial charge >= 0.3 is 0 Å². The average Bonchev–Trinajstić information content (AvgIpc) is 2.50. The summed E-state index contributed by atoms with van der Waals surface area (Å²) in [7, 11) is 0. The van der Waals surface area contributed by atoms with Gasteiger partial charge in [-0.15, -0.1) is 0 Å². The van der Waals surface area contributed by atoms with Crippen molar-refractivity contribution in [2.75, 3.05) is 0 Å². The maximum atomic E-state index is 9.10. The highest BCUT2D eigenvalue weighted by Gasteiger charge is 2.10. The largest absolute Gasteiger partial charge is 0.488 e. The van der Waals surface area contributed by atoms with E-state index in [9.17, 15) is 0 Å². The van der Waals surface area contributed by atoms with Gasteiger partial charge in [0.25, 0.3) is 0 Å². The number of aryl methyl sites for hydroxylation is 2. The molecular weight excluding hydrogens is 262 g/mol. The molecule has 21 heavy (non-hydrogen) atoms. The van der Waals surface area contributed by atoms with Crippen molar-refractivity contribution in [2.45, 2.75) is 33.8 Å². The van der Waals surface area contributed by atoms with Crippen LogP contribution in [-0.4, -0.2) is 10.9 Å². The first-order valence-electron chi connectivity index (χ1n) is 7.15. The number of benzene rings is 2. The van der Waals surface area contributed by atoms with Gasteiger partial charge in [0, 0.05) is 5.56 Å². The molecule has 1 N–H and O–H groups in total. The molecular formula is C18H21NO2. The second-order valence-corrected chi connectivity index (χ2v) is 5.12. The van der Waals surface area contributed by atoms with Crippen LogP contribution in [0.3, 0.4) is 0 Å². The first-order valence-corrected chi connectivity index (χ1v) is 7.15. The highest BCUT2D eigenvalue weighted by Crippen LogP contribution is 2.22. The maximum Gasteiger partial charge on any atom is 0.128 e. The first kappa shape index (κ1) is 15.1. The minimum Gasteiger partial charge on any atom is -0.488 e. The summed E-state index contributed by atoms with van der Waals surface area (Å²) in [6.45, 7) is 6.62. The van der Waals surface area contributed by atoms with Gasteiger partial charge in [-0.3, -0.25) is 0 Å². The fourth-order valence-electron chi connectivity index (χ4n) is 2.26. The van der Waals surface area contributed by atoms with Crippen LogP contribution in [0.4, 0.5) is 0 Å². The second-order valence-electron chi connectivity index (χ2n) is 5.12. The third-order valence-electron chi connectivity index (χ3n) is 3.54. The number of nitrogens with zero attached hydrogens (tertiary/aromatic N) is 1. The standard InChI is InChI=1S/C18H21NO2/c1-4-17(19-20)16-7-5-6-8-18(16)21-12-15-11-13(2)9-10-14(15)3/h5-11,20H,4,12H2,1-3H3. The van der Waals surface area contributed by atoms with E-state index in [0.29, 0.717) is 18.7 Å². The molecule has 0 aliphatic heterocycles. The van der Waals surface area contributed by atoms with Gasteiger partial charge in [-0.1, -0.05) is 48.0 Å². The molecule has 0 amide bonds. The van der Waals surface area contributed by atoms with E-state index in [1.807, 2.05) is 31.2 Å². The Bertz CT molecular complexity index is 647. The summed E-state index contributed by atoms with van der Waals surface area (Å²) < 4.78 is 5.95. The smallest absolute Gasteiger partial charge is 0.128 e. The fourth-order valence-corrected chi connectivity index (χ4v) is 2.26. The summed E-state index contributed by atoms with van der Waals surface area (Å²) in [5.41, 5.74) is 5.08. The Balaban J connectivity index is 2.23. The van der Waals surface area contributed by atoms with Crippen LogP contribution in [0, 0.1) is 13.8 Å². The van der Waals surface area contributed by atoms with Gasteiger partial charge < -0.3 is 9.94 Å². The lowest BCUT2D eigenvalue weighted by molar-refractivity contribution is 0.302. The molecule has 0 fully saturated rings. The Morgan fingerprint density at radius 1 is 1.14 bits per heavy atom. The lowest BCUT2D eigenvalue weighted by Gasteiger charge is -2.13. The molecule has 0 aliphatic rings. The Labute approximate surface area is 125 Å². The molecule has 0 radical (unpaired) electrons. The molecule has 110 valence electrons. The Morgan fingerprint density at radius 3 is 2.62 bits per heavy atom. The minimum absolute atomic E-state index is 0.507. The van der Waals surface area contributed by atoms with Crippen LogP contribution in [-0.2, 0) is 6.61 Å². The van der Waals surface area contributed by atoms with Gasteiger partial charge in [0.2, 0.25) is 0 Å². The van der Waals surface area contributed by atoms with E-state index in [0.717, 1.165) is 11.3 Å². The van der Waals surface area contributed by atoms with E-state index in [1.54, 1.807) is 0 Å². The summed E-state index contributed by atoms with van der Waals surface area (Å²) in [4.78, 5) is 0. The van der Waals surface area contributed by atoms with Crippen LogP contribution in [0.1, 0.15) is 35.6 Å². The van der Waals surface area contributed by atoms with Crippen molar-refractivity contribution >= 4 is 5.71 Å². The zero-order chi connectivity index (χ0) is 15.2. The van der Waals surface area contributed by atoms with Crippen molar-refractivity contribution in [3.8, 4) is 5.75 Å². The predicted octanol–water partition coefficient (Wildman–Crippen LogP) is 4.47. The van der Waals surface area contributed by atoms with Gasteiger partial charge in [-0.25, -0.2) is 0 Å². The second kappa shape index (κ2) is 6.93. The van der Waals surface area contributed by atoms with Crippen LogP contribution < -0.4 is 4.74 Å². The van der Waals surface area contributed by atoms with Crippen molar-refractivity contribution in [2.24, 2.45) is 5.16 Å². The van der Waals surface area contributed by atoms with Crippen LogP contribution in [0.2, 0.25) is 0 Å². The summed E-state index contributed by atoms with van der Waals surface area (Å²) in [5.74, 6) is 0.744. The van der Waals surface area contributed by atoms with Crippen molar-refractivity contribution in [3.63, 3.8) is 0 Å². The lowest BCUT2D eigenvalue weighted by atomic mass is 10.1. The molecule has 0 aromatic heterocycles. The van der Waals surface area contributed by atoms with Crippen LogP contribution >= 0.6 is 0 Å². The number of hydrogen-bond acceptors (Lipinski definition) is 3. The third kappa shape index (κ3) is 3.63. The summed E-state index contributed by atoms with van der Waals surface area (Å²) in [6.07, 6.45) is 0.653. The molecule has 0 aliphatic carbocycles. The first-order chi connectivity index (χ1) is 10.2. The molecule has 0 unspecified atom stereocenters. The molecule has 0 atom stereocenters. The van der Waals surface area contributed by atoms with Crippen LogP contribution in [0.25, 0.3) is 0 Å². The van der Waals surface area contributed by atoms with E-state index in [4.69, 9.17) is 9.94 Å². The van der Waals surface area contributed by atoms with Crippen molar-refractivity contribution in [3.05, 3.63) is 64.7 Å². The van der Waals surface area contributed by atoms with Crippen LogP contribution in [0.5, 0.6) is 5.75 Å². The Hall–Kier alpha value is -2.29. The van der Waals surface area contributed by atoms with Crippen molar-refractivity contribution < 1.29 is 9.94 Å². The highest BCUT2D eigenvalue weighted by atomic mass is 16.5. The zero-order valence-electron chi connectivity index (χ0n) is 12.8. The minimum atomic E-state index is 0.507. The SMILES string of the molecule is CCC(=NO)c1ccccc1OCc1cc(C)ccc1C. The van der Waals surface area contributed by atoms with E-state index >= 15 is 0 Å². The van der Waals surface area contributed by atoms with Crippen LogP contribution in [0.15, 0.2) is 47.6 Å². The van der Waals surface area contributed by atoms with E-state index in [1.165, 1.54) is 16.7 Å². The molecule has 2 aromatic rings. The summed E-state index contributed by atoms with van der Waals surface area (Å²) in [5, 5.41) is 12.5. The quantitative estimate of drug-likeness (QED) is 0.499. The molecule has 2 rings (SSSR count). The highest BCUT2D eigenvalue weighted by molar-refractivity contribution is 6.02. The average molecular weight is 283 g/mol. The van der Waals surface area contributed by atoms with Gasteiger partial charge in [0.1, 0.15) is 12.4 Å². The van der Waals surface area contributed by atoms with Gasteiger partial charge in [0.15, 0.2) is 0 Å². The summed E-state index contributed by atoms with van der Waals surface area (Å²) >= 11 is 0. The molecule has 0 saturated heterocycles. The maximum absolute atomic E-state index is 9.10. The predicted molar refractivity (Wildman–Crippen MR) is 85.3 cm³/mol. The number of ether oxygens (including phenoxy) is 1. The van der Waals surface area contributed by atoms with Gasteiger partial charge in [-0.05, 0) is 43.5 Å². The number of hydrogen-bond donors (Lipinski definition) is 1. The topological polar surface area (TPSA) is 41.8 Å². The van der Waals surface area contributed by atoms with Crippen molar-refractivity contribution in [1.29, 1.82) is 0 Å². The number of rotatable bonds is 5. The molecule has 2 aromatic carbocycles. The van der Waals surface area contributed by atoms with E-state index in [-0.39, 0.29) is 0 Å². The monoisotopic (exact) mass is 283 g/mol. The third-order valence-corrected chi connectivity index (χ3v) is 3.54. The molecule has 0 spiro atoms. The molecule has 3 nitrogen and oxygen atoms in total. The Kier molecular flexibility index (Phi) is 4.99. The van der Waals surface area contributed by atoms with E-state index in [2.05, 4.69) is 37.2 Å². The van der Waals surface area contributed by atoms with Gasteiger partial charge in [0.05, 0.1) is 5.71 Å². The molecule has 0 saturated carbocycles. The molecule has 0 heterocycles. The lowest BCUT2D eigenvalue weighted by Crippen LogP contribution is -2.05. The number of oxime groups is 1. The van der Waals surface area contributed by atoms with E-state index < -0.39 is 0 Å². The molecule has 0 bridgehead atoms.